The second-order valence-corrected chi connectivity index (χ2v) is 9.10. The predicted molar refractivity (Wildman–Crippen MR) is 152 cm³/mol. The maximum absolute atomic E-state index is 13.1. The average molecular weight is 561 g/mol. The summed E-state index contributed by atoms with van der Waals surface area (Å²) in [4.78, 5) is 0. The molecule has 0 heterocycles. The zero-order valence-electron chi connectivity index (χ0n) is 23.7. The number of allylic oxidation sites excluding steroid dienone is 4. The summed E-state index contributed by atoms with van der Waals surface area (Å²) in [5, 5.41) is 0. The Balaban J connectivity index is 0.000000400. The fourth-order valence-corrected chi connectivity index (χ4v) is 3.77. The lowest BCUT2D eigenvalue weighted by Crippen LogP contribution is -2.13. The molecule has 2 rings (SSSR count). The third kappa shape index (κ3) is 13.1. The quantitative estimate of drug-likeness (QED) is 0.223. The van der Waals surface area contributed by atoms with Crippen molar-refractivity contribution in [3.63, 3.8) is 0 Å². The second kappa shape index (κ2) is 18.1. The van der Waals surface area contributed by atoms with E-state index in [0.717, 1.165) is 25.7 Å². The van der Waals surface area contributed by atoms with Gasteiger partial charge in [0.1, 0.15) is 11.1 Å². The van der Waals surface area contributed by atoms with Crippen molar-refractivity contribution in [3.8, 4) is 23.7 Å². The summed E-state index contributed by atoms with van der Waals surface area (Å²) >= 11 is 0. The lowest BCUT2D eigenvalue weighted by Gasteiger charge is -2.12. The fraction of sp³-hybridized carbons (Fsp3) is 0.412. The predicted octanol–water partition coefficient (Wildman–Crippen LogP) is 11.0. The minimum Gasteiger partial charge on any atom is -0.165 e. The first-order chi connectivity index (χ1) is 19.0. The van der Waals surface area contributed by atoms with E-state index in [1.807, 2.05) is 26.0 Å². The summed E-state index contributed by atoms with van der Waals surface area (Å²) in [6.45, 7) is 7.44. The van der Waals surface area contributed by atoms with E-state index < -0.39 is 23.5 Å². The molecule has 40 heavy (non-hydrogen) atoms. The van der Waals surface area contributed by atoms with Crippen LogP contribution >= 0.6 is 0 Å². The third-order valence-corrected chi connectivity index (χ3v) is 6.00. The number of benzene rings is 2. The van der Waals surface area contributed by atoms with Gasteiger partial charge < -0.3 is 0 Å². The number of alkyl halides is 6. The van der Waals surface area contributed by atoms with E-state index >= 15 is 0 Å². The van der Waals surface area contributed by atoms with E-state index in [4.69, 9.17) is 0 Å². The highest BCUT2D eigenvalue weighted by molar-refractivity contribution is 5.45. The molecule has 216 valence electrons. The molecule has 0 radical (unpaired) electrons. The molecular formula is C34H38F6. The van der Waals surface area contributed by atoms with E-state index in [1.54, 1.807) is 62.4 Å². The van der Waals surface area contributed by atoms with Crippen molar-refractivity contribution in [2.45, 2.75) is 91.4 Å². The highest BCUT2D eigenvalue weighted by atomic mass is 19.4. The molecule has 0 unspecified atom stereocenters. The Hall–Kier alpha value is -3.38. The Morgan fingerprint density at radius 2 is 0.875 bits per heavy atom. The number of hydrogen-bond donors (Lipinski definition) is 0. The topological polar surface area (TPSA) is 0 Å². The molecule has 0 fully saturated rings. The van der Waals surface area contributed by atoms with Crippen LogP contribution in [0.3, 0.4) is 0 Å². The monoisotopic (exact) mass is 560 g/mol. The molecule has 0 aromatic heterocycles. The summed E-state index contributed by atoms with van der Waals surface area (Å²) in [7, 11) is 0. The van der Waals surface area contributed by atoms with Gasteiger partial charge in [-0.3, -0.25) is 0 Å². The van der Waals surface area contributed by atoms with Crippen molar-refractivity contribution in [1.82, 2.24) is 0 Å². The molecule has 6 heteroatoms. The molecular weight excluding hydrogens is 522 g/mol. The lowest BCUT2D eigenvalue weighted by molar-refractivity contribution is -0.0891. The van der Waals surface area contributed by atoms with Crippen LogP contribution in [-0.4, -0.2) is 12.4 Å². The molecule has 0 atom stereocenters. The molecule has 0 aliphatic carbocycles. The number of rotatable bonds is 8. The first kappa shape index (κ1) is 34.6. The summed E-state index contributed by atoms with van der Waals surface area (Å²) in [6.07, 6.45) is -3.78. The van der Waals surface area contributed by atoms with Crippen LogP contribution in [0.1, 0.15) is 90.2 Å². The molecule has 0 amide bonds. The summed E-state index contributed by atoms with van der Waals surface area (Å²) < 4.78 is 78.8. The van der Waals surface area contributed by atoms with Crippen LogP contribution in [0, 0.1) is 23.7 Å². The van der Waals surface area contributed by atoms with Crippen LogP contribution in [0.2, 0.25) is 0 Å². The highest BCUT2D eigenvalue weighted by Crippen LogP contribution is 2.32. The van der Waals surface area contributed by atoms with Crippen molar-refractivity contribution < 1.29 is 26.3 Å². The largest absolute Gasteiger partial charge is 0.424 e. The third-order valence-electron chi connectivity index (χ3n) is 6.00. The summed E-state index contributed by atoms with van der Waals surface area (Å²) in [5.74, 6) is 9.91. The standard InChI is InChI=1S/2C17H19F3/c2*1-3-5-11-15(4-2)16(17(18,19)20)13-12-14-9-7-6-8-10-14/h2*6-10H,3-5,11H2,1-2H3/b2*16-15+. The zero-order valence-corrected chi connectivity index (χ0v) is 23.7. The van der Waals surface area contributed by atoms with Crippen molar-refractivity contribution in [2.24, 2.45) is 0 Å². The minimum absolute atomic E-state index is 0.387. The Kier molecular flexibility index (Phi) is 15.6. The minimum atomic E-state index is -4.37. The van der Waals surface area contributed by atoms with Gasteiger partial charge in [0.05, 0.1) is 0 Å². The maximum Gasteiger partial charge on any atom is 0.424 e. The Bertz CT molecular complexity index is 1090. The molecule has 2 aromatic rings. The molecule has 0 bridgehead atoms. The van der Waals surface area contributed by atoms with Gasteiger partial charge in [-0.15, -0.1) is 0 Å². The smallest absolute Gasteiger partial charge is 0.165 e. The van der Waals surface area contributed by atoms with Gasteiger partial charge in [-0.05, 0) is 73.9 Å². The van der Waals surface area contributed by atoms with Gasteiger partial charge in [0.2, 0.25) is 0 Å². The van der Waals surface area contributed by atoms with E-state index in [9.17, 15) is 26.3 Å². The lowest BCUT2D eigenvalue weighted by atomic mass is 9.99. The van der Waals surface area contributed by atoms with Crippen molar-refractivity contribution >= 4 is 0 Å². The number of hydrogen-bond acceptors (Lipinski definition) is 0. The van der Waals surface area contributed by atoms with Gasteiger partial charge in [-0.2, -0.15) is 26.3 Å². The maximum atomic E-state index is 13.1. The van der Waals surface area contributed by atoms with Gasteiger partial charge in [0, 0.05) is 11.1 Å². The molecule has 0 nitrogen and oxygen atoms in total. The molecule has 0 aliphatic heterocycles. The van der Waals surface area contributed by atoms with Crippen LogP contribution in [0.25, 0.3) is 0 Å². The van der Waals surface area contributed by atoms with Crippen LogP contribution in [0.4, 0.5) is 26.3 Å². The first-order valence-electron chi connectivity index (χ1n) is 13.7. The Morgan fingerprint density at radius 3 is 1.12 bits per heavy atom. The van der Waals surface area contributed by atoms with Crippen LogP contribution in [0.5, 0.6) is 0 Å². The van der Waals surface area contributed by atoms with Crippen LogP contribution in [-0.2, 0) is 0 Å². The first-order valence-corrected chi connectivity index (χ1v) is 13.7. The van der Waals surface area contributed by atoms with E-state index in [1.165, 1.54) is 0 Å². The van der Waals surface area contributed by atoms with Crippen LogP contribution < -0.4 is 0 Å². The van der Waals surface area contributed by atoms with E-state index in [0.29, 0.717) is 48.0 Å². The van der Waals surface area contributed by atoms with Gasteiger partial charge in [0.25, 0.3) is 0 Å². The van der Waals surface area contributed by atoms with Gasteiger partial charge >= 0.3 is 12.4 Å². The highest BCUT2D eigenvalue weighted by Gasteiger charge is 2.35. The Morgan fingerprint density at radius 1 is 0.550 bits per heavy atom. The fourth-order valence-electron chi connectivity index (χ4n) is 3.77. The molecule has 0 spiro atoms. The van der Waals surface area contributed by atoms with E-state index in [2.05, 4.69) is 23.7 Å². The molecule has 0 aliphatic rings. The van der Waals surface area contributed by atoms with Crippen LogP contribution in [0.15, 0.2) is 83.0 Å². The van der Waals surface area contributed by atoms with Gasteiger partial charge in [0.15, 0.2) is 0 Å². The van der Waals surface area contributed by atoms with Gasteiger partial charge in [-0.25, -0.2) is 0 Å². The summed E-state index contributed by atoms with van der Waals surface area (Å²) in [6, 6.07) is 17.5. The van der Waals surface area contributed by atoms with Crippen molar-refractivity contribution in [3.05, 3.63) is 94.1 Å². The van der Waals surface area contributed by atoms with Crippen molar-refractivity contribution in [1.29, 1.82) is 0 Å². The van der Waals surface area contributed by atoms with E-state index in [-0.39, 0.29) is 0 Å². The normalized spacial score (nSPS) is 12.4. The van der Waals surface area contributed by atoms with Crippen molar-refractivity contribution in [2.75, 3.05) is 0 Å². The zero-order chi connectivity index (χ0) is 30.0. The number of unbranched alkanes of at least 4 members (excludes halogenated alkanes) is 2. The molecule has 0 N–H and O–H groups in total. The molecule has 0 saturated heterocycles. The van der Waals surface area contributed by atoms with Gasteiger partial charge in [-0.1, -0.05) is 101 Å². The molecule has 0 saturated carbocycles. The second-order valence-electron chi connectivity index (χ2n) is 9.10. The molecule has 2 aromatic carbocycles. The SMILES string of the molecule is CCCC/C(CC)=C(\C#Cc1ccccc1)C(F)(F)F.CCCC/C(CC)=C(\C#Cc1ccccc1)C(F)(F)F. The Labute approximate surface area is 235 Å². The number of halogens is 6. The summed E-state index contributed by atoms with van der Waals surface area (Å²) in [5.41, 5.74) is 0.667. The average Bonchev–Trinajstić information content (AvgIpc) is 2.92.